The van der Waals surface area contributed by atoms with Crippen LogP contribution in [-0.2, 0) is 17.8 Å². The highest BCUT2D eigenvalue weighted by atomic mass is 32.2. The first-order valence-electron chi connectivity index (χ1n) is 10.2. The van der Waals surface area contributed by atoms with Crippen LogP contribution in [0.5, 0.6) is 5.75 Å². The minimum atomic E-state index is -0.271. The van der Waals surface area contributed by atoms with Crippen molar-refractivity contribution in [1.29, 1.82) is 0 Å². The van der Waals surface area contributed by atoms with Gasteiger partial charge in [0.2, 0.25) is 5.91 Å². The average molecular weight is 428 g/mol. The third-order valence-corrected chi connectivity index (χ3v) is 5.62. The molecule has 0 spiro atoms. The lowest BCUT2D eigenvalue weighted by molar-refractivity contribution is -0.130. The third-order valence-electron chi connectivity index (χ3n) is 4.68. The van der Waals surface area contributed by atoms with E-state index in [2.05, 4.69) is 10.6 Å². The van der Waals surface area contributed by atoms with Crippen molar-refractivity contribution in [2.75, 3.05) is 29.9 Å². The van der Waals surface area contributed by atoms with Gasteiger partial charge in [0, 0.05) is 36.8 Å². The molecule has 0 radical (unpaired) electrons. The van der Waals surface area contributed by atoms with Gasteiger partial charge in [0.25, 0.3) is 0 Å². The molecule has 1 aliphatic heterocycles. The molecule has 0 bridgehead atoms. The summed E-state index contributed by atoms with van der Waals surface area (Å²) in [5.41, 5.74) is 2.64. The second-order valence-corrected chi connectivity index (χ2v) is 8.71. The molecule has 1 saturated heterocycles. The van der Waals surface area contributed by atoms with Gasteiger partial charge in [-0.1, -0.05) is 24.3 Å². The van der Waals surface area contributed by atoms with E-state index in [9.17, 15) is 9.59 Å². The normalized spacial score (nSPS) is 13.8. The molecule has 6 nitrogen and oxygen atoms in total. The van der Waals surface area contributed by atoms with Gasteiger partial charge in [0.05, 0.1) is 12.5 Å². The molecule has 2 aromatic rings. The van der Waals surface area contributed by atoms with E-state index in [0.29, 0.717) is 18.7 Å². The molecule has 0 atom stereocenters. The summed E-state index contributed by atoms with van der Waals surface area (Å²) >= 11 is 1.89. The molecular weight excluding hydrogens is 398 g/mol. The monoisotopic (exact) mass is 427 g/mol. The minimum absolute atomic E-state index is 0.133. The Kier molecular flexibility index (Phi) is 8.02. The van der Waals surface area contributed by atoms with Crippen molar-refractivity contribution in [2.24, 2.45) is 0 Å². The van der Waals surface area contributed by atoms with Crippen molar-refractivity contribution in [3.05, 3.63) is 59.7 Å². The summed E-state index contributed by atoms with van der Waals surface area (Å²) in [7, 11) is 0. The number of anilines is 1. The molecule has 0 unspecified atom stereocenters. The van der Waals surface area contributed by atoms with E-state index in [1.165, 1.54) is 0 Å². The molecule has 2 aromatic carbocycles. The number of rotatable bonds is 7. The van der Waals surface area contributed by atoms with E-state index in [1.807, 2.05) is 79.0 Å². The van der Waals surface area contributed by atoms with Crippen molar-refractivity contribution in [3.63, 3.8) is 0 Å². The highest BCUT2D eigenvalue weighted by Gasteiger charge is 2.16. The van der Waals surface area contributed by atoms with E-state index in [0.717, 1.165) is 41.5 Å². The molecule has 7 heteroatoms. The molecule has 0 aromatic heterocycles. The van der Waals surface area contributed by atoms with Crippen LogP contribution in [0.25, 0.3) is 0 Å². The number of benzene rings is 2. The summed E-state index contributed by atoms with van der Waals surface area (Å²) in [6, 6.07) is 14.8. The number of nitrogens with zero attached hydrogens (tertiary/aromatic N) is 1. The van der Waals surface area contributed by atoms with Crippen LogP contribution < -0.4 is 15.4 Å². The molecule has 2 N–H and O–H groups in total. The quantitative estimate of drug-likeness (QED) is 0.703. The SMILES string of the molecule is CC(C)Oc1ccc(CNC(=O)Nc2ccc(CC(=O)N3CCSCC3)cc2)cc1. The summed E-state index contributed by atoms with van der Waals surface area (Å²) in [4.78, 5) is 26.4. The third kappa shape index (κ3) is 6.99. The summed E-state index contributed by atoms with van der Waals surface area (Å²) in [5, 5.41) is 5.66. The number of hydrogen-bond acceptors (Lipinski definition) is 4. The highest BCUT2D eigenvalue weighted by Crippen LogP contribution is 2.15. The Balaban J connectivity index is 1.43. The number of ether oxygens (including phenoxy) is 1. The Labute approximate surface area is 182 Å². The van der Waals surface area contributed by atoms with Crippen molar-refractivity contribution < 1.29 is 14.3 Å². The lowest BCUT2D eigenvalue weighted by Crippen LogP contribution is -2.38. The Bertz CT molecular complexity index is 832. The first kappa shape index (κ1) is 22.0. The number of amides is 3. The fraction of sp³-hybridized carbons (Fsp3) is 0.391. The molecule has 1 heterocycles. The zero-order chi connectivity index (χ0) is 21.3. The van der Waals surface area contributed by atoms with Crippen LogP contribution >= 0.6 is 11.8 Å². The van der Waals surface area contributed by atoms with E-state index in [4.69, 9.17) is 4.74 Å². The Morgan fingerprint density at radius 3 is 2.27 bits per heavy atom. The van der Waals surface area contributed by atoms with Gasteiger partial charge in [-0.15, -0.1) is 0 Å². The summed E-state index contributed by atoms with van der Waals surface area (Å²) in [6.45, 7) is 6.05. The number of nitrogens with one attached hydrogen (secondary N) is 2. The maximum absolute atomic E-state index is 12.4. The van der Waals surface area contributed by atoms with Crippen molar-refractivity contribution >= 4 is 29.4 Å². The van der Waals surface area contributed by atoms with Crippen molar-refractivity contribution in [2.45, 2.75) is 32.9 Å². The maximum atomic E-state index is 12.4. The van der Waals surface area contributed by atoms with E-state index in [-0.39, 0.29) is 18.0 Å². The largest absolute Gasteiger partial charge is 0.491 e. The van der Waals surface area contributed by atoms with Gasteiger partial charge in [-0.2, -0.15) is 11.8 Å². The molecule has 3 amide bonds. The van der Waals surface area contributed by atoms with E-state index >= 15 is 0 Å². The molecule has 1 fully saturated rings. The topological polar surface area (TPSA) is 70.7 Å². The zero-order valence-corrected chi connectivity index (χ0v) is 18.3. The van der Waals surface area contributed by atoms with Crippen LogP contribution in [0.15, 0.2) is 48.5 Å². The summed E-state index contributed by atoms with van der Waals surface area (Å²) in [5.74, 6) is 3.01. The fourth-order valence-corrected chi connectivity index (χ4v) is 4.02. The smallest absolute Gasteiger partial charge is 0.319 e. The van der Waals surface area contributed by atoms with Gasteiger partial charge >= 0.3 is 6.03 Å². The standard InChI is InChI=1S/C23H29N3O3S/c1-17(2)29-21-9-5-19(6-10-21)16-24-23(28)25-20-7-3-18(4-8-20)15-22(27)26-11-13-30-14-12-26/h3-10,17H,11-16H2,1-2H3,(H2,24,25,28). The van der Waals surface area contributed by atoms with Crippen LogP contribution in [0.2, 0.25) is 0 Å². The number of hydrogen-bond donors (Lipinski definition) is 2. The predicted octanol–water partition coefficient (Wildman–Crippen LogP) is 3.91. The molecule has 1 aliphatic rings. The molecule has 30 heavy (non-hydrogen) atoms. The molecule has 0 aliphatic carbocycles. The highest BCUT2D eigenvalue weighted by molar-refractivity contribution is 7.99. The van der Waals surface area contributed by atoms with Crippen LogP contribution in [0.1, 0.15) is 25.0 Å². The van der Waals surface area contributed by atoms with Gasteiger partial charge in [-0.25, -0.2) is 4.79 Å². The second-order valence-electron chi connectivity index (χ2n) is 7.49. The van der Waals surface area contributed by atoms with Crippen molar-refractivity contribution in [3.8, 4) is 5.75 Å². The van der Waals surface area contributed by atoms with E-state index < -0.39 is 0 Å². The number of thioether (sulfide) groups is 1. The molecule has 3 rings (SSSR count). The van der Waals surface area contributed by atoms with Crippen LogP contribution in [-0.4, -0.2) is 47.5 Å². The fourth-order valence-electron chi connectivity index (χ4n) is 3.12. The first-order chi connectivity index (χ1) is 14.5. The number of carbonyl (C=O) groups is 2. The van der Waals surface area contributed by atoms with Gasteiger partial charge in [-0.05, 0) is 49.2 Å². The average Bonchev–Trinajstić information content (AvgIpc) is 2.75. The predicted molar refractivity (Wildman–Crippen MR) is 122 cm³/mol. The molecule has 0 saturated carbocycles. The lowest BCUT2D eigenvalue weighted by atomic mass is 10.1. The number of carbonyl (C=O) groups excluding carboxylic acids is 2. The minimum Gasteiger partial charge on any atom is -0.491 e. The summed E-state index contributed by atoms with van der Waals surface area (Å²) < 4.78 is 5.62. The Morgan fingerprint density at radius 1 is 1.00 bits per heavy atom. The van der Waals surface area contributed by atoms with E-state index in [1.54, 1.807) is 0 Å². The second kappa shape index (κ2) is 10.9. The maximum Gasteiger partial charge on any atom is 0.319 e. The van der Waals surface area contributed by atoms with Gasteiger partial charge in [0.1, 0.15) is 5.75 Å². The van der Waals surface area contributed by atoms with Gasteiger partial charge < -0.3 is 20.3 Å². The Morgan fingerprint density at radius 2 is 1.63 bits per heavy atom. The van der Waals surface area contributed by atoms with Crippen LogP contribution in [0.3, 0.4) is 0 Å². The Hall–Kier alpha value is -2.67. The number of urea groups is 1. The molecule has 160 valence electrons. The van der Waals surface area contributed by atoms with Crippen LogP contribution in [0, 0.1) is 0 Å². The lowest BCUT2D eigenvalue weighted by Gasteiger charge is -2.26. The molecular formula is C23H29N3O3S. The first-order valence-corrected chi connectivity index (χ1v) is 11.4. The van der Waals surface area contributed by atoms with Crippen molar-refractivity contribution in [1.82, 2.24) is 10.2 Å². The van der Waals surface area contributed by atoms with Crippen LogP contribution in [0.4, 0.5) is 10.5 Å². The van der Waals surface area contributed by atoms with Gasteiger partial charge in [0.15, 0.2) is 0 Å². The van der Waals surface area contributed by atoms with Gasteiger partial charge in [-0.3, -0.25) is 4.79 Å². The summed E-state index contributed by atoms with van der Waals surface area (Å²) in [6.07, 6.45) is 0.529. The zero-order valence-electron chi connectivity index (χ0n) is 17.5.